The molecular weight excluding hydrogens is 256 g/mol. The summed E-state index contributed by atoms with van der Waals surface area (Å²) >= 11 is 0. The molecule has 4 rings (SSSR count). The number of methoxy groups -OCH3 is 1. The van der Waals surface area contributed by atoms with E-state index in [0.717, 1.165) is 12.8 Å². The number of hydrogen-bond acceptors (Lipinski definition) is 1. The molecule has 0 heterocycles. The molecule has 2 bridgehead atoms. The summed E-state index contributed by atoms with van der Waals surface area (Å²) in [5.41, 5.74) is 4.15. The van der Waals surface area contributed by atoms with Crippen LogP contribution in [-0.2, 0) is 4.74 Å². The molecule has 0 spiro atoms. The summed E-state index contributed by atoms with van der Waals surface area (Å²) in [5, 5.41) is 0. The summed E-state index contributed by atoms with van der Waals surface area (Å²) in [4.78, 5) is 0. The molecule has 1 nitrogen and oxygen atoms in total. The molecule has 0 radical (unpaired) electrons. The number of benzene rings is 1. The van der Waals surface area contributed by atoms with Crippen LogP contribution >= 0.6 is 0 Å². The first-order valence-electron chi connectivity index (χ1n) is 7.68. The third-order valence-electron chi connectivity index (χ3n) is 5.16. The molecule has 21 heavy (non-hydrogen) atoms. The molecule has 1 aromatic carbocycles. The SMILES string of the molecule is C=CCC1=C[C@]2(C)C[C@](C)(OC)[C@H]1C=C2c1ccccc1. The highest BCUT2D eigenvalue weighted by Crippen LogP contribution is 2.57. The topological polar surface area (TPSA) is 9.23 Å². The number of fused-ring (bicyclic) bond motifs is 1. The first-order chi connectivity index (χ1) is 10.0. The van der Waals surface area contributed by atoms with Gasteiger partial charge in [-0.15, -0.1) is 6.58 Å². The molecule has 0 aromatic heterocycles. The Hall–Kier alpha value is -1.60. The van der Waals surface area contributed by atoms with Crippen LogP contribution in [0, 0.1) is 11.3 Å². The van der Waals surface area contributed by atoms with E-state index >= 15 is 0 Å². The Kier molecular flexibility index (Phi) is 3.41. The van der Waals surface area contributed by atoms with Crippen LogP contribution in [0.2, 0.25) is 0 Å². The van der Waals surface area contributed by atoms with Crippen molar-refractivity contribution in [3.63, 3.8) is 0 Å². The van der Waals surface area contributed by atoms with Crippen molar-refractivity contribution in [3.05, 3.63) is 66.3 Å². The van der Waals surface area contributed by atoms with E-state index in [1.807, 2.05) is 13.2 Å². The molecule has 0 aliphatic heterocycles. The summed E-state index contributed by atoms with van der Waals surface area (Å²) in [6, 6.07) is 10.7. The van der Waals surface area contributed by atoms with Crippen molar-refractivity contribution in [2.24, 2.45) is 11.3 Å². The molecule has 3 atom stereocenters. The van der Waals surface area contributed by atoms with Gasteiger partial charge in [-0.2, -0.15) is 0 Å². The molecule has 0 fully saturated rings. The van der Waals surface area contributed by atoms with Crippen LogP contribution in [0.15, 0.2) is 60.7 Å². The monoisotopic (exact) mass is 280 g/mol. The van der Waals surface area contributed by atoms with Crippen molar-refractivity contribution in [1.82, 2.24) is 0 Å². The molecule has 0 saturated heterocycles. The van der Waals surface area contributed by atoms with Gasteiger partial charge in [0.05, 0.1) is 5.60 Å². The normalized spacial score (nSPS) is 34.3. The Balaban J connectivity index is 2.11. The van der Waals surface area contributed by atoms with Crippen LogP contribution in [0.4, 0.5) is 0 Å². The lowest BCUT2D eigenvalue weighted by Crippen LogP contribution is -2.48. The average molecular weight is 280 g/mol. The first-order valence-corrected chi connectivity index (χ1v) is 7.68. The molecule has 1 aromatic rings. The van der Waals surface area contributed by atoms with Crippen LogP contribution in [0.25, 0.3) is 5.57 Å². The lowest BCUT2D eigenvalue weighted by molar-refractivity contribution is -0.0505. The number of ether oxygens (including phenoxy) is 1. The van der Waals surface area contributed by atoms with E-state index < -0.39 is 0 Å². The van der Waals surface area contributed by atoms with Gasteiger partial charge in [0, 0.05) is 18.4 Å². The number of allylic oxidation sites excluding steroid dienone is 3. The Morgan fingerprint density at radius 3 is 2.57 bits per heavy atom. The third kappa shape index (κ3) is 2.20. The fourth-order valence-electron chi connectivity index (χ4n) is 4.19. The van der Waals surface area contributed by atoms with Crippen LogP contribution in [0.5, 0.6) is 0 Å². The van der Waals surface area contributed by atoms with Crippen molar-refractivity contribution in [1.29, 1.82) is 0 Å². The van der Waals surface area contributed by atoms with Crippen molar-refractivity contribution in [2.75, 3.05) is 7.11 Å². The molecule has 110 valence electrons. The molecular formula is C20H24O. The van der Waals surface area contributed by atoms with E-state index in [4.69, 9.17) is 4.74 Å². The van der Waals surface area contributed by atoms with E-state index in [0.29, 0.717) is 5.92 Å². The van der Waals surface area contributed by atoms with E-state index in [1.165, 1.54) is 16.7 Å². The summed E-state index contributed by atoms with van der Waals surface area (Å²) in [5.74, 6) is 0.345. The maximum Gasteiger partial charge on any atom is 0.0761 e. The van der Waals surface area contributed by atoms with E-state index in [1.54, 1.807) is 0 Å². The predicted molar refractivity (Wildman–Crippen MR) is 88.9 cm³/mol. The largest absolute Gasteiger partial charge is 0.378 e. The third-order valence-corrected chi connectivity index (χ3v) is 5.16. The van der Waals surface area contributed by atoms with Crippen LogP contribution in [0.1, 0.15) is 32.3 Å². The highest BCUT2D eigenvalue weighted by Gasteiger charge is 2.50. The molecule has 0 unspecified atom stereocenters. The van der Waals surface area contributed by atoms with Gasteiger partial charge in [0.15, 0.2) is 0 Å². The molecule has 0 N–H and O–H groups in total. The molecule has 3 aliphatic rings. The van der Waals surface area contributed by atoms with E-state index in [9.17, 15) is 0 Å². The minimum absolute atomic E-state index is 0.0409. The quantitative estimate of drug-likeness (QED) is 0.704. The number of rotatable bonds is 4. The zero-order valence-electron chi connectivity index (χ0n) is 13.2. The van der Waals surface area contributed by atoms with Crippen molar-refractivity contribution in [2.45, 2.75) is 32.3 Å². The fourth-order valence-corrected chi connectivity index (χ4v) is 4.19. The zero-order valence-corrected chi connectivity index (χ0v) is 13.2. The fraction of sp³-hybridized carbons (Fsp3) is 0.400. The summed E-state index contributed by atoms with van der Waals surface area (Å²) < 4.78 is 5.92. The zero-order chi connectivity index (χ0) is 15.1. The minimum atomic E-state index is -0.111. The smallest absolute Gasteiger partial charge is 0.0761 e. The van der Waals surface area contributed by atoms with Crippen molar-refractivity contribution < 1.29 is 4.74 Å². The van der Waals surface area contributed by atoms with Gasteiger partial charge in [-0.1, -0.05) is 61.1 Å². The van der Waals surface area contributed by atoms with Gasteiger partial charge in [-0.05, 0) is 30.9 Å². The van der Waals surface area contributed by atoms with Gasteiger partial charge in [-0.3, -0.25) is 0 Å². The van der Waals surface area contributed by atoms with E-state index in [2.05, 4.69) is 62.9 Å². The lowest BCUT2D eigenvalue weighted by atomic mass is 9.56. The van der Waals surface area contributed by atoms with Gasteiger partial charge in [-0.25, -0.2) is 0 Å². The highest BCUT2D eigenvalue weighted by molar-refractivity contribution is 5.76. The average Bonchev–Trinajstić information content (AvgIpc) is 2.47. The van der Waals surface area contributed by atoms with Gasteiger partial charge in [0.25, 0.3) is 0 Å². The Labute approximate surface area is 128 Å². The molecule has 0 amide bonds. The molecule has 3 aliphatic carbocycles. The van der Waals surface area contributed by atoms with E-state index in [-0.39, 0.29) is 11.0 Å². The van der Waals surface area contributed by atoms with Crippen LogP contribution in [-0.4, -0.2) is 12.7 Å². The van der Waals surface area contributed by atoms with Crippen LogP contribution in [0.3, 0.4) is 0 Å². The lowest BCUT2D eigenvalue weighted by Gasteiger charge is -2.52. The molecule has 1 heteroatoms. The maximum absolute atomic E-state index is 5.92. The number of hydrogen-bond donors (Lipinski definition) is 0. The highest BCUT2D eigenvalue weighted by atomic mass is 16.5. The Morgan fingerprint density at radius 2 is 2.00 bits per heavy atom. The second-order valence-corrected chi connectivity index (χ2v) is 6.75. The maximum atomic E-state index is 5.92. The van der Waals surface area contributed by atoms with Gasteiger partial charge in [0.2, 0.25) is 0 Å². The standard InChI is InChI=1S/C20H24O/c1-5-9-16-13-19(2)14-20(3,21-4)18(16)12-17(19)15-10-7-6-8-11-15/h5-8,10-13,18H,1,9,14H2,2-4H3/t18-,19+,20-/m0/s1. The Bertz CT molecular complexity index is 610. The first kappa shape index (κ1) is 14.3. The summed E-state index contributed by atoms with van der Waals surface area (Å²) in [6.45, 7) is 8.48. The van der Waals surface area contributed by atoms with Crippen molar-refractivity contribution in [3.8, 4) is 0 Å². The summed E-state index contributed by atoms with van der Waals surface area (Å²) in [6.07, 6.45) is 8.87. The summed E-state index contributed by atoms with van der Waals surface area (Å²) in [7, 11) is 1.84. The van der Waals surface area contributed by atoms with Gasteiger partial charge in [0.1, 0.15) is 0 Å². The van der Waals surface area contributed by atoms with Crippen molar-refractivity contribution >= 4 is 5.57 Å². The van der Waals surface area contributed by atoms with Gasteiger partial charge >= 0.3 is 0 Å². The Morgan fingerprint density at radius 1 is 1.29 bits per heavy atom. The van der Waals surface area contributed by atoms with Gasteiger partial charge < -0.3 is 4.74 Å². The minimum Gasteiger partial charge on any atom is -0.378 e. The second kappa shape index (κ2) is 4.99. The second-order valence-electron chi connectivity index (χ2n) is 6.75. The van der Waals surface area contributed by atoms with Crippen LogP contribution < -0.4 is 0 Å². The molecule has 0 saturated carbocycles. The predicted octanol–water partition coefficient (Wildman–Crippen LogP) is 5.02.